The van der Waals surface area contributed by atoms with Crippen molar-refractivity contribution in [3.63, 3.8) is 0 Å². The number of hydrogen-bond acceptors (Lipinski definition) is 4. The van der Waals surface area contributed by atoms with Crippen LogP contribution in [0, 0.1) is 0 Å². The van der Waals surface area contributed by atoms with Gasteiger partial charge in [-0.15, -0.1) is 0 Å². The first-order chi connectivity index (χ1) is 9.77. The van der Waals surface area contributed by atoms with Gasteiger partial charge >= 0.3 is 0 Å². The molecule has 1 aliphatic rings. The van der Waals surface area contributed by atoms with Crippen molar-refractivity contribution in [2.24, 2.45) is 0 Å². The van der Waals surface area contributed by atoms with Gasteiger partial charge in [0.25, 0.3) is 5.91 Å². The molecule has 5 heteroatoms. The number of nitrogens with one attached hydrogen (secondary N) is 1. The standard InChI is InChI=1S/C15H22N2O3/c1-17(15(18)14-11-16-7-9-20-14)8-10-19-12-13-5-3-2-4-6-13/h2-6,14,16H,7-12H2,1H3. The number of amides is 1. The highest BCUT2D eigenvalue weighted by atomic mass is 16.5. The van der Waals surface area contributed by atoms with Gasteiger partial charge in [0.05, 0.1) is 19.8 Å². The third kappa shape index (κ3) is 4.59. The van der Waals surface area contributed by atoms with Gasteiger partial charge in [0, 0.05) is 26.7 Å². The van der Waals surface area contributed by atoms with E-state index in [-0.39, 0.29) is 12.0 Å². The van der Waals surface area contributed by atoms with Crippen LogP contribution in [-0.4, -0.2) is 56.8 Å². The van der Waals surface area contributed by atoms with Crippen molar-refractivity contribution in [3.05, 3.63) is 35.9 Å². The van der Waals surface area contributed by atoms with Crippen molar-refractivity contribution in [2.75, 3.05) is 39.9 Å². The molecule has 0 bridgehead atoms. The lowest BCUT2D eigenvalue weighted by molar-refractivity contribution is -0.144. The van der Waals surface area contributed by atoms with Gasteiger partial charge in [-0.05, 0) is 5.56 Å². The monoisotopic (exact) mass is 278 g/mol. The van der Waals surface area contributed by atoms with Gasteiger partial charge in [0.15, 0.2) is 0 Å². The smallest absolute Gasteiger partial charge is 0.252 e. The fourth-order valence-electron chi connectivity index (χ4n) is 2.05. The first-order valence-corrected chi connectivity index (χ1v) is 6.96. The number of likely N-dealkylation sites (N-methyl/N-ethyl adjacent to an activating group) is 1. The molecule has 1 saturated heterocycles. The van der Waals surface area contributed by atoms with Gasteiger partial charge in [-0.25, -0.2) is 0 Å². The molecule has 0 saturated carbocycles. The first-order valence-electron chi connectivity index (χ1n) is 6.96. The molecule has 2 rings (SSSR count). The fourth-order valence-corrected chi connectivity index (χ4v) is 2.05. The van der Waals surface area contributed by atoms with Gasteiger partial charge in [0.1, 0.15) is 6.10 Å². The maximum atomic E-state index is 12.1. The number of benzene rings is 1. The maximum absolute atomic E-state index is 12.1. The molecule has 110 valence electrons. The first kappa shape index (κ1) is 15.0. The van der Waals surface area contributed by atoms with Crippen LogP contribution in [0.5, 0.6) is 0 Å². The average molecular weight is 278 g/mol. The van der Waals surface area contributed by atoms with Gasteiger partial charge in [0.2, 0.25) is 0 Å². The van der Waals surface area contributed by atoms with Crippen molar-refractivity contribution >= 4 is 5.91 Å². The second-order valence-corrected chi connectivity index (χ2v) is 4.86. The van der Waals surface area contributed by atoms with Crippen LogP contribution in [0.1, 0.15) is 5.56 Å². The largest absolute Gasteiger partial charge is 0.375 e. The van der Waals surface area contributed by atoms with E-state index in [1.807, 2.05) is 30.3 Å². The Morgan fingerprint density at radius 1 is 1.45 bits per heavy atom. The molecule has 1 atom stereocenters. The van der Waals surface area contributed by atoms with Crippen LogP contribution in [0.25, 0.3) is 0 Å². The van der Waals surface area contributed by atoms with Crippen molar-refractivity contribution in [2.45, 2.75) is 12.7 Å². The number of ether oxygens (including phenoxy) is 2. The van der Waals surface area contributed by atoms with Crippen molar-refractivity contribution in [1.82, 2.24) is 10.2 Å². The van der Waals surface area contributed by atoms with E-state index in [1.54, 1.807) is 11.9 Å². The van der Waals surface area contributed by atoms with E-state index in [4.69, 9.17) is 9.47 Å². The second kappa shape index (κ2) is 7.99. The Kier molecular flexibility index (Phi) is 5.98. The summed E-state index contributed by atoms with van der Waals surface area (Å²) >= 11 is 0. The predicted octanol–water partition coefficient (Wildman–Crippen LogP) is 0.650. The third-order valence-electron chi connectivity index (χ3n) is 3.26. The molecule has 1 N–H and O–H groups in total. The summed E-state index contributed by atoms with van der Waals surface area (Å²) in [6.45, 7) is 3.67. The minimum atomic E-state index is -0.358. The SMILES string of the molecule is CN(CCOCc1ccccc1)C(=O)C1CNCCO1. The zero-order valence-corrected chi connectivity index (χ0v) is 11.9. The lowest BCUT2D eigenvalue weighted by Crippen LogP contribution is -2.48. The van der Waals surface area contributed by atoms with Crippen molar-refractivity contribution < 1.29 is 14.3 Å². The summed E-state index contributed by atoms with van der Waals surface area (Å²) in [7, 11) is 1.78. The van der Waals surface area contributed by atoms with Crippen molar-refractivity contribution in [1.29, 1.82) is 0 Å². The summed E-state index contributed by atoms with van der Waals surface area (Å²) in [4.78, 5) is 13.7. The molecular weight excluding hydrogens is 256 g/mol. The molecule has 1 fully saturated rings. The van der Waals surface area contributed by atoms with E-state index in [0.29, 0.717) is 32.9 Å². The second-order valence-electron chi connectivity index (χ2n) is 4.86. The Hall–Kier alpha value is -1.43. The summed E-state index contributed by atoms with van der Waals surface area (Å²) in [5.41, 5.74) is 1.14. The van der Waals surface area contributed by atoms with E-state index in [1.165, 1.54) is 0 Å². The summed E-state index contributed by atoms with van der Waals surface area (Å²) in [5, 5.41) is 3.16. The molecule has 1 unspecified atom stereocenters. The molecule has 1 amide bonds. The lowest BCUT2D eigenvalue weighted by Gasteiger charge is -2.27. The lowest BCUT2D eigenvalue weighted by atomic mass is 10.2. The molecule has 0 aliphatic carbocycles. The number of rotatable bonds is 6. The highest BCUT2D eigenvalue weighted by Crippen LogP contribution is 2.02. The quantitative estimate of drug-likeness (QED) is 0.776. The van der Waals surface area contributed by atoms with Crippen LogP contribution in [0.4, 0.5) is 0 Å². The van der Waals surface area contributed by atoms with Gasteiger partial charge in [-0.1, -0.05) is 30.3 Å². The molecular formula is C15H22N2O3. The minimum absolute atomic E-state index is 0.0144. The molecule has 0 radical (unpaired) electrons. The molecule has 1 heterocycles. The predicted molar refractivity (Wildman–Crippen MR) is 76.3 cm³/mol. The number of carbonyl (C=O) groups is 1. The molecule has 5 nitrogen and oxygen atoms in total. The summed E-state index contributed by atoms with van der Waals surface area (Å²) in [6, 6.07) is 10.0. The van der Waals surface area contributed by atoms with Crippen LogP contribution in [0.15, 0.2) is 30.3 Å². The number of hydrogen-bond donors (Lipinski definition) is 1. The Morgan fingerprint density at radius 3 is 2.95 bits per heavy atom. The molecule has 1 aromatic rings. The highest BCUT2D eigenvalue weighted by Gasteiger charge is 2.24. The normalized spacial score (nSPS) is 18.8. The van der Waals surface area contributed by atoms with E-state index in [0.717, 1.165) is 12.1 Å². The molecule has 1 aromatic carbocycles. The van der Waals surface area contributed by atoms with Gasteiger partial charge < -0.3 is 19.7 Å². The number of carbonyl (C=O) groups excluding carboxylic acids is 1. The topological polar surface area (TPSA) is 50.8 Å². The molecule has 0 aromatic heterocycles. The van der Waals surface area contributed by atoms with Crippen LogP contribution in [-0.2, 0) is 20.9 Å². The average Bonchev–Trinajstić information content (AvgIpc) is 2.52. The Morgan fingerprint density at radius 2 is 2.25 bits per heavy atom. The van der Waals surface area contributed by atoms with E-state index >= 15 is 0 Å². The van der Waals surface area contributed by atoms with E-state index in [9.17, 15) is 4.79 Å². The highest BCUT2D eigenvalue weighted by molar-refractivity contribution is 5.81. The van der Waals surface area contributed by atoms with E-state index < -0.39 is 0 Å². The van der Waals surface area contributed by atoms with E-state index in [2.05, 4.69) is 5.32 Å². The molecule has 20 heavy (non-hydrogen) atoms. The van der Waals surface area contributed by atoms with Crippen molar-refractivity contribution in [3.8, 4) is 0 Å². The van der Waals surface area contributed by atoms with Gasteiger partial charge in [-0.3, -0.25) is 4.79 Å². The summed E-state index contributed by atoms with van der Waals surface area (Å²) < 4.78 is 11.0. The summed E-state index contributed by atoms with van der Waals surface area (Å²) in [5.74, 6) is 0.0144. The zero-order chi connectivity index (χ0) is 14.2. The van der Waals surface area contributed by atoms with Gasteiger partial charge in [-0.2, -0.15) is 0 Å². The number of nitrogens with zero attached hydrogens (tertiary/aromatic N) is 1. The van der Waals surface area contributed by atoms with Crippen LogP contribution < -0.4 is 5.32 Å². The van der Waals surface area contributed by atoms with Crippen LogP contribution in [0.3, 0.4) is 0 Å². The molecule has 0 spiro atoms. The fraction of sp³-hybridized carbons (Fsp3) is 0.533. The van der Waals surface area contributed by atoms with Crippen LogP contribution >= 0.6 is 0 Å². The summed E-state index contributed by atoms with van der Waals surface area (Å²) in [6.07, 6.45) is -0.358. The maximum Gasteiger partial charge on any atom is 0.252 e. The Labute approximate surface area is 119 Å². The Balaban J connectivity index is 1.64. The molecule has 1 aliphatic heterocycles. The zero-order valence-electron chi connectivity index (χ0n) is 11.9. The third-order valence-corrected chi connectivity index (χ3v) is 3.26. The van der Waals surface area contributed by atoms with Crippen LogP contribution in [0.2, 0.25) is 0 Å². The Bertz CT molecular complexity index is 405. The minimum Gasteiger partial charge on any atom is -0.375 e. The number of morpholine rings is 1.